The first-order valence-electron chi connectivity index (χ1n) is 5.78. The predicted octanol–water partition coefficient (Wildman–Crippen LogP) is 1.65. The molecular weight excluding hydrogens is 188 g/mol. The third-order valence-electron chi connectivity index (χ3n) is 4.32. The highest BCUT2D eigenvalue weighted by Crippen LogP contribution is 2.45. The lowest BCUT2D eigenvalue weighted by Gasteiger charge is -2.20. The van der Waals surface area contributed by atoms with Crippen molar-refractivity contribution in [3.8, 4) is 6.07 Å². The van der Waals surface area contributed by atoms with E-state index in [-0.39, 0.29) is 12.3 Å². The van der Waals surface area contributed by atoms with Crippen molar-refractivity contribution in [3.05, 3.63) is 0 Å². The van der Waals surface area contributed by atoms with Gasteiger partial charge >= 0.3 is 0 Å². The first-order chi connectivity index (χ1) is 7.13. The minimum absolute atomic E-state index is 0.0201. The topological polar surface area (TPSA) is 44.1 Å². The number of hydrogen-bond donors (Lipinski definition) is 0. The molecule has 0 aromatic carbocycles. The summed E-state index contributed by atoms with van der Waals surface area (Å²) in [4.78, 5) is 13.5. The van der Waals surface area contributed by atoms with E-state index in [0.717, 1.165) is 24.9 Å². The van der Waals surface area contributed by atoms with Gasteiger partial charge in [-0.2, -0.15) is 5.26 Å². The summed E-state index contributed by atoms with van der Waals surface area (Å²) < 4.78 is 0. The largest absolute Gasteiger partial charge is 0.341 e. The SMILES string of the molecule is C[C@@H]1[C@H]2CN(C(=O)CC#N)C[C@H]2C[C@H]1C. The lowest BCUT2D eigenvalue weighted by molar-refractivity contribution is -0.129. The van der Waals surface area contributed by atoms with Crippen LogP contribution in [0.5, 0.6) is 0 Å². The first-order valence-corrected chi connectivity index (χ1v) is 5.78. The molecule has 0 unspecified atom stereocenters. The summed E-state index contributed by atoms with van der Waals surface area (Å²) >= 11 is 0. The predicted molar refractivity (Wildman–Crippen MR) is 56.7 cm³/mol. The molecule has 15 heavy (non-hydrogen) atoms. The maximum absolute atomic E-state index is 11.6. The van der Waals surface area contributed by atoms with Crippen molar-refractivity contribution >= 4 is 5.91 Å². The van der Waals surface area contributed by atoms with Crippen LogP contribution in [0.3, 0.4) is 0 Å². The second-order valence-corrected chi connectivity index (χ2v) is 5.13. The van der Waals surface area contributed by atoms with Gasteiger partial charge in [0.05, 0.1) is 6.07 Å². The summed E-state index contributed by atoms with van der Waals surface area (Å²) in [6.07, 6.45) is 1.30. The van der Waals surface area contributed by atoms with Gasteiger partial charge in [0, 0.05) is 13.1 Å². The van der Waals surface area contributed by atoms with Crippen molar-refractivity contribution in [1.82, 2.24) is 4.90 Å². The van der Waals surface area contributed by atoms with Gasteiger partial charge in [-0.05, 0) is 30.1 Å². The molecule has 4 atom stereocenters. The van der Waals surface area contributed by atoms with Gasteiger partial charge in [0.1, 0.15) is 6.42 Å². The fourth-order valence-electron chi connectivity index (χ4n) is 3.24. The van der Waals surface area contributed by atoms with Crippen LogP contribution in [0.1, 0.15) is 26.7 Å². The Labute approximate surface area is 91.1 Å². The average molecular weight is 206 g/mol. The highest BCUT2D eigenvalue weighted by Gasteiger charge is 2.45. The molecule has 82 valence electrons. The Morgan fingerprint density at radius 1 is 1.47 bits per heavy atom. The van der Waals surface area contributed by atoms with Crippen molar-refractivity contribution in [2.45, 2.75) is 26.7 Å². The molecule has 1 saturated heterocycles. The van der Waals surface area contributed by atoms with Crippen molar-refractivity contribution < 1.29 is 4.79 Å². The third-order valence-corrected chi connectivity index (χ3v) is 4.32. The van der Waals surface area contributed by atoms with Crippen LogP contribution in [0.25, 0.3) is 0 Å². The Hall–Kier alpha value is -1.04. The zero-order valence-electron chi connectivity index (χ0n) is 9.44. The van der Waals surface area contributed by atoms with E-state index in [1.54, 1.807) is 0 Å². The van der Waals surface area contributed by atoms with E-state index in [2.05, 4.69) is 13.8 Å². The number of amides is 1. The van der Waals surface area contributed by atoms with Crippen molar-refractivity contribution in [2.75, 3.05) is 13.1 Å². The lowest BCUT2D eigenvalue weighted by Crippen LogP contribution is -2.30. The summed E-state index contributed by atoms with van der Waals surface area (Å²) in [6, 6.07) is 1.94. The van der Waals surface area contributed by atoms with Gasteiger partial charge in [-0.3, -0.25) is 4.79 Å². The maximum atomic E-state index is 11.6. The quantitative estimate of drug-likeness (QED) is 0.654. The van der Waals surface area contributed by atoms with E-state index in [4.69, 9.17) is 5.26 Å². The first kappa shape index (κ1) is 10.5. The summed E-state index contributed by atoms with van der Waals surface area (Å²) in [5.74, 6) is 2.93. The van der Waals surface area contributed by atoms with E-state index < -0.39 is 0 Å². The number of likely N-dealkylation sites (tertiary alicyclic amines) is 1. The number of nitriles is 1. The number of rotatable bonds is 1. The van der Waals surface area contributed by atoms with Crippen LogP contribution in [0, 0.1) is 35.0 Å². The summed E-state index contributed by atoms with van der Waals surface area (Å²) in [7, 11) is 0. The minimum atomic E-state index is 0.0201. The van der Waals surface area contributed by atoms with E-state index >= 15 is 0 Å². The second-order valence-electron chi connectivity index (χ2n) is 5.13. The van der Waals surface area contributed by atoms with Crippen LogP contribution in [0.4, 0.5) is 0 Å². The molecule has 3 nitrogen and oxygen atoms in total. The molecule has 0 aromatic heterocycles. The van der Waals surface area contributed by atoms with Crippen LogP contribution in [0.2, 0.25) is 0 Å². The molecule has 0 N–H and O–H groups in total. The Kier molecular flexibility index (Phi) is 2.68. The number of carbonyl (C=O) groups is 1. The molecule has 1 heterocycles. The van der Waals surface area contributed by atoms with Gasteiger partial charge in [-0.15, -0.1) is 0 Å². The second kappa shape index (κ2) is 3.84. The fraction of sp³-hybridized carbons (Fsp3) is 0.833. The maximum Gasteiger partial charge on any atom is 0.236 e. The van der Waals surface area contributed by atoms with Gasteiger partial charge in [0.2, 0.25) is 5.91 Å². The van der Waals surface area contributed by atoms with Gasteiger partial charge in [0.15, 0.2) is 0 Å². The van der Waals surface area contributed by atoms with Crippen LogP contribution >= 0.6 is 0 Å². The lowest BCUT2D eigenvalue weighted by atomic mass is 9.91. The monoisotopic (exact) mass is 206 g/mol. The fourth-order valence-corrected chi connectivity index (χ4v) is 3.24. The molecular formula is C12H18N2O. The molecule has 0 bridgehead atoms. The van der Waals surface area contributed by atoms with Crippen molar-refractivity contribution in [2.24, 2.45) is 23.7 Å². The molecule has 0 radical (unpaired) electrons. The summed E-state index contributed by atoms with van der Waals surface area (Å²) in [5.41, 5.74) is 0. The number of carbonyl (C=O) groups excluding carboxylic acids is 1. The zero-order valence-corrected chi connectivity index (χ0v) is 9.44. The molecule has 0 spiro atoms. The normalized spacial score (nSPS) is 38.9. The highest BCUT2D eigenvalue weighted by molar-refractivity contribution is 5.78. The average Bonchev–Trinajstić information content (AvgIpc) is 2.70. The molecule has 0 aromatic rings. The van der Waals surface area contributed by atoms with E-state index in [1.807, 2.05) is 11.0 Å². The molecule has 2 aliphatic rings. The molecule has 1 aliphatic carbocycles. The number of hydrogen-bond acceptors (Lipinski definition) is 2. The van der Waals surface area contributed by atoms with E-state index in [0.29, 0.717) is 11.8 Å². The molecule has 3 heteroatoms. The van der Waals surface area contributed by atoms with Crippen LogP contribution < -0.4 is 0 Å². The Balaban J connectivity index is 1.98. The minimum Gasteiger partial charge on any atom is -0.341 e. The molecule has 1 saturated carbocycles. The van der Waals surface area contributed by atoms with Gasteiger partial charge in [-0.25, -0.2) is 0 Å². The molecule has 1 aliphatic heterocycles. The van der Waals surface area contributed by atoms with E-state index in [1.165, 1.54) is 6.42 Å². The van der Waals surface area contributed by atoms with Crippen molar-refractivity contribution in [1.29, 1.82) is 5.26 Å². The summed E-state index contributed by atoms with van der Waals surface area (Å²) in [6.45, 7) is 6.38. The van der Waals surface area contributed by atoms with Crippen molar-refractivity contribution in [3.63, 3.8) is 0 Å². The molecule has 2 fully saturated rings. The smallest absolute Gasteiger partial charge is 0.236 e. The standard InChI is InChI=1S/C12H18N2O/c1-8-5-10-6-14(12(15)3-4-13)7-11(10)9(8)2/h8-11H,3,5-7H2,1-2H3/t8-,9+,10-,11-/m1/s1. The van der Waals surface area contributed by atoms with Crippen LogP contribution in [-0.2, 0) is 4.79 Å². The molecule has 2 rings (SSSR count). The Morgan fingerprint density at radius 2 is 2.20 bits per heavy atom. The zero-order chi connectivity index (χ0) is 11.0. The number of fused-ring (bicyclic) bond motifs is 1. The highest BCUT2D eigenvalue weighted by atomic mass is 16.2. The number of nitrogens with zero attached hydrogens (tertiary/aromatic N) is 2. The Morgan fingerprint density at radius 3 is 2.80 bits per heavy atom. The Bertz CT molecular complexity index is 307. The van der Waals surface area contributed by atoms with Gasteiger partial charge < -0.3 is 4.90 Å². The van der Waals surface area contributed by atoms with Crippen LogP contribution in [-0.4, -0.2) is 23.9 Å². The van der Waals surface area contributed by atoms with Gasteiger partial charge in [-0.1, -0.05) is 13.8 Å². The third kappa shape index (κ3) is 1.73. The van der Waals surface area contributed by atoms with Crippen LogP contribution in [0.15, 0.2) is 0 Å². The summed E-state index contributed by atoms with van der Waals surface area (Å²) in [5, 5.41) is 8.50. The van der Waals surface area contributed by atoms with E-state index in [9.17, 15) is 4.79 Å². The molecule has 1 amide bonds. The van der Waals surface area contributed by atoms with Gasteiger partial charge in [0.25, 0.3) is 0 Å².